The Labute approximate surface area is 213 Å². The Balaban J connectivity index is 1.37. The second-order valence-corrected chi connectivity index (χ2v) is 11.8. The van der Waals surface area contributed by atoms with Gasteiger partial charge in [-0.05, 0) is 69.3 Å². The third-order valence-corrected chi connectivity index (χ3v) is 9.46. The van der Waals surface area contributed by atoms with E-state index < -0.39 is 10.0 Å². The number of sulfonamides is 1. The lowest BCUT2D eigenvalue weighted by Gasteiger charge is -2.45. The summed E-state index contributed by atoms with van der Waals surface area (Å²) in [5, 5.41) is 3.41. The van der Waals surface area contributed by atoms with Crippen LogP contribution in [0, 0.1) is 0 Å². The topological polar surface area (TPSA) is 85.4 Å². The number of fused-ring (bicyclic) bond motifs is 1. The molecule has 36 heavy (non-hydrogen) atoms. The predicted octanol–water partition coefficient (Wildman–Crippen LogP) is 2.72. The van der Waals surface area contributed by atoms with Gasteiger partial charge in [0.2, 0.25) is 15.9 Å². The molecule has 0 saturated carbocycles. The standard InChI is InChI=1S/C26H35N5O4S/c1-19-26(32)29(3)24-9-6-21(18-25(24)31(19)22-10-16-35-17-11-22)27-20-4-7-23(8-5-20)36(33,34)30-14-12-28(2)13-15-30/h4-9,18-19,22,27H,10-17H2,1-3H3. The lowest BCUT2D eigenvalue weighted by molar-refractivity contribution is -0.119. The van der Waals surface area contributed by atoms with Crippen molar-refractivity contribution in [3.63, 3.8) is 0 Å². The molecule has 5 rings (SSSR count). The maximum absolute atomic E-state index is 13.0. The number of hydrogen-bond donors (Lipinski definition) is 1. The zero-order chi connectivity index (χ0) is 25.4. The van der Waals surface area contributed by atoms with Crippen LogP contribution in [0.3, 0.4) is 0 Å². The van der Waals surface area contributed by atoms with Crippen LogP contribution >= 0.6 is 0 Å². The molecule has 1 N–H and O–H groups in total. The fraction of sp³-hybridized carbons (Fsp3) is 0.500. The molecule has 2 fully saturated rings. The van der Waals surface area contributed by atoms with Crippen molar-refractivity contribution in [1.29, 1.82) is 0 Å². The lowest BCUT2D eigenvalue weighted by atomic mass is 9.99. The summed E-state index contributed by atoms with van der Waals surface area (Å²) in [6.45, 7) is 5.86. The number of carbonyl (C=O) groups is 1. The molecule has 3 aliphatic rings. The number of benzene rings is 2. The molecule has 0 aliphatic carbocycles. The normalized spacial score (nSPS) is 22.5. The average Bonchev–Trinajstić information content (AvgIpc) is 2.89. The second-order valence-electron chi connectivity index (χ2n) is 9.88. The summed E-state index contributed by atoms with van der Waals surface area (Å²) >= 11 is 0. The summed E-state index contributed by atoms with van der Waals surface area (Å²) in [5.41, 5.74) is 3.60. The summed E-state index contributed by atoms with van der Waals surface area (Å²) in [7, 11) is 0.330. The van der Waals surface area contributed by atoms with E-state index in [9.17, 15) is 13.2 Å². The van der Waals surface area contributed by atoms with Gasteiger partial charge in [0.05, 0.1) is 16.3 Å². The van der Waals surface area contributed by atoms with Crippen molar-refractivity contribution < 1.29 is 17.9 Å². The highest BCUT2D eigenvalue weighted by atomic mass is 32.2. The first kappa shape index (κ1) is 25.0. The van der Waals surface area contributed by atoms with Gasteiger partial charge in [-0.15, -0.1) is 0 Å². The second kappa shape index (κ2) is 10.0. The van der Waals surface area contributed by atoms with E-state index in [1.54, 1.807) is 33.5 Å². The number of carbonyl (C=O) groups excluding carboxylic acids is 1. The van der Waals surface area contributed by atoms with Crippen LogP contribution in [0.15, 0.2) is 47.4 Å². The van der Waals surface area contributed by atoms with Gasteiger partial charge in [-0.3, -0.25) is 4.79 Å². The number of hydrogen-bond acceptors (Lipinski definition) is 7. The first-order chi connectivity index (χ1) is 17.3. The largest absolute Gasteiger partial charge is 0.381 e. The molecule has 1 amide bonds. The van der Waals surface area contributed by atoms with Crippen molar-refractivity contribution in [3.8, 4) is 0 Å². The molecule has 9 nitrogen and oxygen atoms in total. The summed E-state index contributed by atoms with van der Waals surface area (Å²) in [6, 6.07) is 12.9. The molecule has 0 radical (unpaired) electrons. The first-order valence-corrected chi connectivity index (χ1v) is 14.0. The minimum absolute atomic E-state index is 0.0897. The maximum Gasteiger partial charge on any atom is 0.249 e. The zero-order valence-corrected chi connectivity index (χ0v) is 22.0. The third kappa shape index (κ3) is 4.70. The van der Waals surface area contributed by atoms with Crippen LogP contribution in [0.25, 0.3) is 0 Å². The van der Waals surface area contributed by atoms with E-state index in [-0.39, 0.29) is 18.0 Å². The van der Waals surface area contributed by atoms with Gasteiger partial charge in [-0.2, -0.15) is 4.31 Å². The highest BCUT2D eigenvalue weighted by molar-refractivity contribution is 7.89. The molecule has 2 saturated heterocycles. The summed E-state index contributed by atoms with van der Waals surface area (Å²) in [6.07, 6.45) is 1.78. The monoisotopic (exact) mass is 513 g/mol. The van der Waals surface area contributed by atoms with Gasteiger partial charge >= 0.3 is 0 Å². The van der Waals surface area contributed by atoms with Crippen molar-refractivity contribution in [2.24, 2.45) is 0 Å². The lowest BCUT2D eigenvalue weighted by Crippen LogP contribution is -2.55. The number of amides is 1. The van der Waals surface area contributed by atoms with E-state index in [1.165, 1.54) is 0 Å². The van der Waals surface area contributed by atoms with E-state index >= 15 is 0 Å². The van der Waals surface area contributed by atoms with Crippen molar-refractivity contribution >= 4 is 38.7 Å². The molecule has 2 aromatic rings. The van der Waals surface area contributed by atoms with Crippen LogP contribution in [0.1, 0.15) is 19.8 Å². The van der Waals surface area contributed by atoms with Crippen LogP contribution in [-0.2, 0) is 19.6 Å². The fourth-order valence-electron chi connectivity index (χ4n) is 5.35. The average molecular weight is 514 g/mol. The van der Waals surface area contributed by atoms with Crippen molar-refractivity contribution in [3.05, 3.63) is 42.5 Å². The van der Waals surface area contributed by atoms with Gasteiger partial charge < -0.3 is 24.8 Å². The fourth-order valence-corrected chi connectivity index (χ4v) is 6.77. The summed E-state index contributed by atoms with van der Waals surface area (Å²) in [4.78, 5) is 19.4. The molecular formula is C26H35N5O4S. The number of nitrogens with zero attached hydrogens (tertiary/aromatic N) is 4. The molecule has 3 aliphatic heterocycles. The number of nitrogens with one attached hydrogen (secondary N) is 1. The van der Waals surface area contributed by atoms with Gasteiger partial charge in [0.15, 0.2) is 0 Å². The van der Waals surface area contributed by atoms with Crippen LogP contribution in [0.2, 0.25) is 0 Å². The van der Waals surface area contributed by atoms with Gasteiger partial charge in [-0.1, -0.05) is 0 Å². The molecule has 1 atom stereocenters. The minimum Gasteiger partial charge on any atom is -0.381 e. The molecule has 194 valence electrons. The van der Waals surface area contributed by atoms with Crippen molar-refractivity contribution in [2.75, 3.05) is 68.6 Å². The highest BCUT2D eigenvalue weighted by Gasteiger charge is 2.38. The Morgan fingerprint density at radius 1 is 0.889 bits per heavy atom. The number of rotatable bonds is 5. The Kier molecular flexibility index (Phi) is 6.95. The van der Waals surface area contributed by atoms with Crippen molar-refractivity contribution in [2.45, 2.75) is 36.7 Å². The molecule has 0 spiro atoms. The summed E-state index contributed by atoms with van der Waals surface area (Å²) < 4.78 is 33.2. The van der Waals surface area contributed by atoms with Gasteiger partial charge in [-0.25, -0.2) is 8.42 Å². The maximum atomic E-state index is 13.0. The van der Waals surface area contributed by atoms with E-state index in [0.717, 1.165) is 48.7 Å². The summed E-state index contributed by atoms with van der Waals surface area (Å²) in [5.74, 6) is 0.0897. The number of ether oxygens (including phenoxy) is 1. The van der Waals surface area contributed by atoms with E-state index in [2.05, 4.69) is 21.2 Å². The first-order valence-electron chi connectivity index (χ1n) is 12.6. The number of piperazine rings is 1. The highest BCUT2D eigenvalue weighted by Crippen LogP contribution is 2.40. The number of likely N-dealkylation sites (N-methyl/N-ethyl adjacent to an activating group) is 2. The third-order valence-electron chi connectivity index (χ3n) is 7.55. The van der Waals surface area contributed by atoms with Crippen molar-refractivity contribution in [1.82, 2.24) is 9.21 Å². The molecule has 2 aromatic carbocycles. The van der Waals surface area contributed by atoms with Gasteiger partial charge in [0, 0.05) is 63.9 Å². The molecule has 0 aromatic heterocycles. The SMILES string of the molecule is CC1C(=O)N(C)c2ccc(Nc3ccc(S(=O)(=O)N4CCN(C)CC4)cc3)cc2N1C1CCOCC1. The molecule has 0 bridgehead atoms. The predicted molar refractivity (Wildman–Crippen MR) is 142 cm³/mol. The Bertz CT molecular complexity index is 1210. The van der Waals surface area contributed by atoms with Crippen LogP contribution in [0.4, 0.5) is 22.7 Å². The quantitative estimate of drug-likeness (QED) is 0.658. The molecule has 3 heterocycles. The molecular weight excluding hydrogens is 478 g/mol. The smallest absolute Gasteiger partial charge is 0.249 e. The van der Waals surface area contributed by atoms with E-state index in [4.69, 9.17) is 4.74 Å². The van der Waals surface area contributed by atoms with E-state index in [1.807, 2.05) is 33.2 Å². The molecule has 10 heteroatoms. The Morgan fingerprint density at radius 3 is 2.19 bits per heavy atom. The van der Waals surface area contributed by atoms with Gasteiger partial charge in [0.25, 0.3) is 0 Å². The van der Waals surface area contributed by atoms with Crippen LogP contribution in [-0.4, -0.2) is 89.1 Å². The zero-order valence-electron chi connectivity index (χ0n) is 21.2. The van der Waals surface area contributed by atoms with Crippen LogP contribution in [0.5, 0.6) is 0 Å². The Morgan fingerprint density at radius 2 is 1.53 bits per heavy atom. The van der Waals surface area contributed by atoms with E-state index in [0.29, 0.717) is 31.2 Å². The minimum atomic E-state index is -3.50. The molecule has 1 unspecified atom stereocenters. The van der Waals surface area contributed by atoms with Crippen LogP contribution < -0.4 is 15.1 Å². The Hall–Kier alpha value is -2.66. The van der Waals surface area contributed by atoms with Gasteiger partial charge in [0.1, 0.15) is 6.04 Å². The number of anilines is 4.